The van der Waals surface area contributed by atoms with Gasteiger partial charge in [0.05, 0.1) is 6.33 Å². The van der Waals surface area contributed by atoms with E-state index in [4.69, 9.17) is 0 Å². The van der Waals surface area contributed by atoms with Gasteiger partial charge < -0.3 is 15.2 Å². The highest BCUT2D eigenvalue weighted by atomic mass is 16.1. The molecule has 1 aromatic rings. The summed E-state index contributed by atoms with van der Waals surface area (Å²) in [6, 6.07) is 2.01. The summed E-state index contributed by atoms with van der Waals surface area (Å²) in [6.45, 7) is 8.40. The van der Waals surface area contributed by atoms with E-state index in [0.717, 1.165) is 31.7 Å². The predicted molar refractivity (Wildman–Crippen MR) is 73.0 cm³/mol. The molecule has 2 heterocycles. The Kier molecular flexibility index (Phi) is 3.71. The van der Waals surface area contributed by atoms with Crippen molar-refractivity contribution in [2.24, 2.45) is 0 Å². The third-order valence-corrected chi connectivity index (χ3v) is 3.20. The molecule has 1 unspecified atom stereocenters. The van der Waals surface area contributed by atoms with Crippen molar-refractivity contribution in [2.75, 3.05) is 18.0 Å². The van der Waals surface area contributed by atoms with Gasteiger partial charge in [-0.3, -0.25) is 4.79 Å². The smallest absolute Gasteiger partial charge is 0.252 e. The maximum absolute atomic E-state index is 11.3. The van der Waals surface area contributed by atoms with Crippen molar-refractivity contribution >= 4 is 5.82 Å². The van der Waals surface area contributed by atoms with Gasteiger partial charge in [0.2, 0.25) is 0 Å². The van der Waals surface area contributed by atoms with Crippen molar-refractivity contribution < 1.29 is 0 Å². The third-order valence-electron chi connectivity index (χ3n) is 3.20. The highest BCUT2D eigenvalue weighted by Gasteiger charge is 2.26. The lowest BCUT2D eigenvalue weighted by molar-refractivity contribution is 0.404. The van der Waals surface area contributed by atoms with Crippen molar-refractivity contribution in [1.29, 1.82) is 0 Å². The predicted octanol–water partition coefficient (Wildman–Crippen LogP) is 1.13. The van der Waals surface area contributed by atoms with Crippen molar-refractivity contribution in [3.63, 3.8) is 0 Å². The summed E-state index contributed by atoms with van der Waals surface area (Å²) in [4.78, 5) is 20.4. The molecule has 1 atom stereocenters. The van der Waals surface area contributed by atoms with Crippen LogP contribution >= 0.6 is 0 Å². The van der Waals surface area contributed by atoms with E-state index >= 15 is 0 Å². The molecule has 0 spiro atoms. The fourth-order valence-electron chi connectivity index (χ4n) is 2.29. The number of nitrogens with one attached hydrogen (secondary N) is 2. The zero-order valence-electron chi connectivity index (χ0n) is 11.4. The first kappa shape index (κ1) is 13.1. The van der Waals surface area contributed by atoms with Gasteiger partial charge in [-0.1, -0.05) is 0 Å². The number of H-pyrrole nitrogens is 1. The van der Waals surface area contributed by atoms with Crippen LogP contribution in [0.5, 0.6) is 0 Å². The maximum atomic E-state index is 11.3. The Hall–Kier alpha value is -1.36. The molecule has 5 heteroatoms. The minimum absolute atomic E-state index is 0.0885. The van der Waals surface area contributed by atoms with Gasteiger partial charge >= 0.3 is 0 Å². The number of nitrogens with zero attached hydrogens (tertiary/aromatic N) is 2. The van der Waals surface area contributed by atoms with E-state index in [2.05, 4.69) is 41.0 Å². The summed E-state index contributed by atoms with van der Waals surface area (Å²) in [5, 5.41) is 3.52. The molecule has 100 valence electrons. The topological polar surface area (TPSA) is 61.0 Å². The van der Waals surface area contributed by atoms with Gasteiger partial charge in [-0.05, 0) is 33.6 Å². The Morgan fingerprint density at radius 3 is 3.00 bits per heavy atom. The lowest BCUT2D eigenvalue weighted by Gasteiger charge is -2.29. The molecule has 0 radical (unpaired) electrons. The number of anilines is 1. The van der Waals surface area contributed by atoms with Crippen LogP contribution in [0.4, 0.5) is 5.82 Å². The molecule has 0 aliphatic carbocycles. The lowest BCUT2D eigenvalue weighted by atomic mass is 10.1. The maximum Gasteiger partial charge on any atom is 0.252 e. The molecule has 2 N–H and O–H groups in total. The van der Waals surface area contributed by atoms with Gasteiger partial charge in [0, 0.05) is 30.7 Å². The molecule has 0 aromatic carbocycles. The molecule has 2 rings (SSSR count). The second-order valence-electron chi connectivity index (χ2n) is 5.89. The largest absolute Gasteiger partial charge is 0.352 e. The van der Waals surface area contributed by atoms with E-state index in [9.17, 15) is 4.79 Å². The monoisotopic (exact) mass is 250 g/mol. The molecule has 1 aliphatic heterocycles. The van der Waals surface area contributed by atoms with Crippen LogP contribution in [0.25, 0.3) is 0 Å². The van der Waals surface area contributed by atoms with Gasteiger partial charge in [-0.2, -0.15) is 0 Å². The summed E-state index contributed by atoms with van der Waals surface area (Å²) in [5.74, 6) is 0.789. The Morgan fingerprint density at radius 2 is 2.33 bits per heavy atom. The highest BCUT2D eigenvalue weighted by molar-refractivity contribution is 5.39. The molecule has 1 aromatic heterocycles. The van der Waals surface area contributed by atoms with E-state index < -0.39 is 0 Å². The summed E-state index contributed by atoms with van der Waals surface area (Å²) in [5.41, 5.74) is 0.0324. The number of hydrogen-bond acceptors (Lipinski definition) is 4. The zero-order chi connectivity index (χ0) is 13.2. The van der Waals surface area contributed by atoms with Crippen molar-refractivity contribution in [1.82, 2.24) is 15.3 Å². The van der Waals surface area contributed by atoms with Gasteiger partial charge in [-0.15, -0.1) is 0 Å². The second kappa shape index (κ2) is 5.10. The van der Waals surface area contributed by atoms with Crippen LogP contribution < -0.4 is 15.8 Å². The number of aromatic nitrogens is 2. The quantitative estimate of drug-likeness (QED) is 0.844. The first-order valence-electron chi connectivity index (χ1n) is 6.52. The summed E-state index contributed by atoms with van der Waals surface area (Å²) in [6.07, 6.45) is 3.78. The van der Waals surface area contributed by atoms with E-state index in [1.165, 1.54) is 6.33 Å². The Morgan fingerprint density at radius 1 is 1.56 bits per heavy atom. The van der Waals surface area contributed by atoms with Crippen LogP contribution in [0.2, 0.25) is 0 Å². The fraction of sp³-hybridized carbons (Fsp3) is 0.692. The minimum Gasteiger partial charge on any atom is -0.352 e. The van der Waals surface area contributed by atoms with Crippen LogP contribution in [0, 0.1) is 0 Å². The van der Waals surface area contributed by atoms with E-state index in [0.29, 0.717) is 6.04 Å². The fourth-order valence-corrected chi connectivity index (χ4v) is 2.29. The van der Waals surface area contributed by atoms with Crippen molar-refractivity contribution in [3.8, 4) is 0 Å². The molecule has 0 bridgehead atoms. The number of rotatable bonds is 3. The number of aromatic amines is 1. The average Bonchev–Trinajstić information content (AvgIpc) is 2.73. The Labute approximate surface area is 108 Å². The van der Waals surface area contributed by atoms with Crippen LogP contribution in [0.15, 0.2) is 17.2 Å². The molecule has 0 amide bonds. The van der Waals surface area contributed by atoms with Crippen LogP contribution in [0.3, 0.4) is 0 Å². The highest BCUT2D eigenvalue weighted by Crippen LogP contribution is 2.22. The van der Waals surface area contributed by atoms with Crippen LogP contribution in [-0.2, 0) is 0 Å². The molecule has 1 fully saturated rings. The summed E-state index contributed by atoms with van der Waals surface area (Å²) < 4.78 is 0. The van der Waals surface area contributed by atoms with Gasteiger partial charge in [0.1, 0.15) is 5.82 Å². The second-order valence-corrected chi connectivity index (χ2v) is 5.89. The molecule has 18 heavy (non-hydrogen) atoms. The van der Waals surface area contributed by atoms with Crippen LogP contribution in [0.1, 0.15) is 33.6 Å². The van der Waals surface area contributed by atoms with E-state index in [1.54, 1.807) is 6.07 Å². The third kappa shape index (κ3) is 3.32. The minimum atomic E-state index is -0.0885. The molecule has 1 aliphatic rings. The van der Waals surface area contributed by atoms with Gasteiger partial charge in [-0.25, -0.2) is 4.98 Å². The SMILES string of the molecule is CC(C)(C)NCC1CCCN1c1cc(=O)[nH]cn1. The Balaban J connectivity index is 2.06. The molecule has 5 nitrogen and oxygen atoms in total. The molecular formula is C13H22N4O. The summed E-state index contributed by atoms with van der Waals surface area (Å²) in [7, 11) is 0. The molecule has 1 saturated heterocycles. The normalized spacial score (nSPS) is 20.4. The number of hydrogen-bond donors (Lipinski definition) is 2. The van der Waals surface area contributed by atoms with Gasteiger partial charge in [0.25, 0.3) is 5.56 Å². The van der Waals surface area contributed by atoms with Crippen molar-refractivity contribution in [2.45, 2.75) is 45.2 Å². The first-order chi connectivity index (χ1) is 8.46. The summed E-state index contributed by atoms with van der Waals surface area (Å²) >= 11 is 0. The molecular weight excluding hydrogens is 228 g/mol. The Bertz CT molecular complexity index is 449. The zero-order valence-corrected chi connectivity index (χ0v) is 11.4. The average molecular weight is 250 g/mol. The molecule has 0 saturated carbocycles. The first-order valence-corrected chi connectivity index (χ1v) is 6.52. The van der Waals surface area contributed by atoms with E-state index in [1.807, 2.05) is 0 Å². The van der Waals surface area contributed by atoms with Gasteiger partial charge in [0.15, 0.2) is 0 Å². The van der Waals surface area contributed by atoms with Crippen molar-refractivity contribution in [3.05, 3.63) is 22.7 Å². The standard InChI is InChI=1S/C13H22N4O/c1-13(2,3)16-8-10-5-4-6-17(10)11-7-12(18)15-9-14-11/h7,9-10,16H,4-6,8H2,1-3H3,(H,14,15,18). The van der Waals surface area contributed by atoms with E-state index in [-0.39, 0.29) is 11.1 Å². The lowest BCUT2D eigenvalue weighted by Crippen LogP contribution is -2.45. The van der Waals surface area contributed by atoms with Crippen LogP contribution in [-0.4, -0.2) is 34.6 Å².